The minimum Gasteiger partial charge on any atom is -0.489 e. The molecule has 0 saturated carbocycles. The first-order valence-corrected chi connectivity index (χ1v) is 12.9. The number of carbonyl (C=O) groups excluding carboxylic acids is 1. The molecule has 0 heterocycles. The maximum Gasteiger partial charge on any atom is 0.255 e. The molecule has 0 bridgehead atoms. The molecule has 0 aliphatic heterocycles. The minimum absolute atomic E-state index is 0.176. The highest BCUT2D eigenvalue weighted by Gasteiger charge is 2.18. The zero-order valence-corrected chi connectivity index (χ0v) is 20.1. The molecule has 4 aromatic carbocycles. The molecule has 4 aromatic rings. The molecule has 1 N–H and O–H groups in total. The highest BCUT2D eigenvalue weighted by atomic mass is 32.2. The Kier molecular flexibility index (Phi) is 7.48. The van der Waals surface area contributed by atoms with E-state index >= 15 is 0 Å². The predicted molar refractivity (Wildman–Crippen MR) is 139 cm³/mol. The van der Waals surface area contributed by atoms with Crippen molar-refractivity contribution in [3.05, 3.63) is 126 Å². The number of anilines is 2. The third kappa shape index (κ3) is 6.71. The molecule has 0 fully saturated rings. The van der Waals surface area contributed by atoms with Crippen molar-refractivity contribution in [2.45, 2.75) is 13.2 Å². The van der Waals surface area contributed by atoms with Crippen LogP contribution in [0.5, 0.6) is 5.75 Å². The van der Waals surface area contributed by atoms with E-state index in [9.17, 15) is 13.2 Å². The lowest BCUT2D eigenvalue weighted by Crippen LogP contribution is -2.29. The van der Waals surface area contributed by atoms with Gasteiger partial charge >= 0.3 is 0 Å². The fourth-order valence-corrected chi connectivity index (χ4v) is 4.39. The van der Waals surface area contributed by atoms with Crippen molar-refractivity contribution in [2.75, 3.05) is 15.9 Å². The van der Waals surface area contributed by atoms with Crippen molar-refractivity contribution in [1.29, 1.82) is 0 Å². The van der Waals surface area contributed by atoms with Gasteiger partial charge in [-0.3, -0.25) is 9.10 Å². The number of nitrogens with one attached hydrogen (secondary N) is 1. The smallest absolute Gasteiger partial charge is 0.255 e. The Bertz CT molecular complexity index is 1360. The van der Waals surface area contributed by atoms with Gasteiger partial charge in [-0.15, -0.1) is 0 Å². The molecule has 0 saturated heterocycles. The first-order valence-electron chi connectivity index (χ1n) is 11.1. The van der Waals surface area contributed by atoms with Gasteiger partial charge in [0.05, 0.1) is 18.5 Å². The molecule has 6 nitrogen and oxygen atoms in total. The fourth-order valence-electron chi connectivity index (χ4n) is 3.50. The van der Waals surface area contributed by atoms with E-state index in [0.29, 0.717) is 29.3 Å². The van der Waals surface area contributed by atoms with Gasteiger partial charge in [0, 0.05) is 11.3 Å². The summed E-state index contributed by atoms with van der Waals surface area (Å²) in [6, 6.07) is 32.9. The molecule has 0 atom stereocenters. The molecule has 1 amide bonds. The summed E-state index contributed by atoms with van der Waals surface area (Å²) >= 11 is 0. The molecule has 0 spiro atoms. The van der Waals surface area contributed by atoms with E-state index < -0.39 is 10.0 Å². The van der Waals surface area contributed by atoms with E-state index in [-0.39, 0.29) is 12.5 Å². The van der Waals surface area contributed by atoms with Gasteiger partial charge < -0.3 is 10.1 Å². The quantitative estimate of drug-likeness (QED) is 0.340. The van der Waals surface area contributed by atoms with Gasteiger partial charge in [-0.25, -0.2) is 8.42 Å². The second-order valence-corrected chi connectivity index (χ2v) is 9.96. The molecule has 0 radical (unpaired) electrons. The maximum absolute atomic E-state index is 12.7. The number of benzene rings is 4. The van der Waals surface area contributed by atoms with Crippen LogP contribution in [0.4, 0.5) is 11.4 Å². The average Bonchev–Trinajstić information content (AvgIpc) is 2.87. The topological polar surface area (TPSA) is 75.7 Å². The van der Waals surface area contributed by atoms with Crippen LogP contribution in [-0.2, 0) is 23.2 Å². The van der Waals surface area contributed by atoms with Crippen molar-refractivity contribution < 1.29 is 17.9 Å². The van der Waals surface area contributed by atoms with E-state index in [1.807, 2.05) is 48.5 Å². The van der Waals surface area contributed by atoms with Gasteiger partial charge in [0.15, 0.2) is 0 Å². The minimum atomic E-state index is -3.46. The van der Waals surface area contributed by atoms with Crippen LogP contribution in [0.3, 0.4) is 0 Å². The lowest BCUT2D eigenvalue weighted by atomic mass is 10.1. The number of carbonyl (C=O) groups is 1. The molecule has 0 aromatic heterocycles. The zero-order chi connectivity index (χ0) is 24.7. The SMILES string of the molecule is CS(=O)(=O)N(Cc1ccc(C(=O)Nc2ccc(OCc3ccccc3)cc2)cc1)c1ccccc1. The molecule has 178 valence electrons. The molecular formula is C28H26N2O4S. The van der Waals surface area contributed by atoms with Crippen molar-refractivity contribution in [1.82, 2.24) is 0 Å². The first kappa shape index (κ1) is 24.0. The predicted octanol–water partition coefficient (Wildman–Crippen LogP) is 5.48. The fraction of sp³-hybridized carbons (Fsp3) is 0.107. The van der Waals surface area contributed by atoms with Crippen LogP contribution >= 0.6 is 0 Å². The highest BCUT2D eigenvalue weighted by molar-refractivity contribution is 7.92. The molecule has 0 unspecified atom stereocenters. The molecule has 0 aliphatic carbocycles. The van der Waals surface area contributed by atoms with Crippen molar-refractivity contribution in [3.63, 3.8) is 0 Å². The lowest BCUT2D eigenvalue weighted by Gasteiger charge is -2.22. The van der Waals surface area contributed by atoms with Gasteiger partial charge in [0.1, 0.15) is 12.4 Å². The zero-order valence-electron chi connectivity index (χ0n) is 19.3. The summed E-state index contributed by atoms with van der Waals surface area (Å²) in [5.74, 6) is 0.461. The molecule has 0 aliphatic rings. The van der Waals surface area contributed by atoms with E-state index in [1.54, 1.807) is 60.7 Å². The van der Waals surface area contributed by atoms with Gasteiger partial charge in [0.25, 0.3) is 5.91 Å². The van der Waals surface area contributed by atoms with Gasteiger partial charge in [-0.1, -0.05) is 60.7 Å². The van der Waals surface area contributed by atoms with Gasteiger partial charge in [-0.2, -0.15) is 0 Å². The highest BCUT2D eigenvalue weighted by Crippen LogP contribution is 2.21. The van der Waals surface area contributed by atoms with E-state index in [0.717, 1.165) is 11.1 Å². The molecule has 35 heavy (non-hydrogen) atoms. The number of hydrogen-bond donors (Lipinski definition) is 1. The van der Waals surface area contributed by atoms with Crippen LogP contribution in [0.2, 0.25) is 0 Å². The molecule has 4 rings (SSSR count). The Morgan fingerprint density at radius 3 is 1.97 bits per heavy atom. The normalized spacial score (nSPS) is 11.0. The number of rotatable bonds is 9. The summed E-state index contributed by atoms with van der Waals surface area (Å²) in [4.78, 5) is 12.7. The van der Waals surface area contributed by atoms with E-state index in [4.69, 9.17) is 4.74 Å². The van der Waals surface area contributed by atoms with Gasteiger partial charge in [0.2, 0.25) is 10.0 Å². The van der Waals surface area contributed by atoms with Crippen molar-refractivity contribution in [2.24, 2.45) is 0 Å². The summed E-state index contributed by atoms with van der Waals surface area (Å²) < 4.78 is 31.7. The second-order valence-electron chi connectivity index (χ2n) is 8.05. The van der Waals surface area contributed by atoms with Crippen LogP contribution in [0.25, 0.3) is 0 Å². The Hall–Kier alpha value is -4.10. The van der Waals surface area contributed by atoms with E-state index in [1.165, 1.54) is 10.6 Å². The molecule has 7 heteroatoms. The Balaban J connectivity index is 1.36. The standard InChI is InChI=1S/C28H26N2O4S/c1-35(32,33)30(26-10-6-3-7-11-26)20-22-12-14-24(15-13-22)28(31)29-25-16-18-27(19-17-25)34-21-23-8-4-2-5-9-23/h2-19H,20-21H2,1H3,(H,29,31). The van der Waals surface area contributed by atoms with E-state index in [2.05, 4.69) is 5.32 Å². The summed E-state index contributed by atoms with van der Waals surface area (Å²) in [5.41, 5.74) is 3.57. The largest absolute Gasteiger partial charge is 0.489 e. The number of hydrogen-bond acceptors (Lipinski definition) is 4. The van der Waals surface area contributed by atoms with Crippen LogP contribution in [-0.4, -0.2) is 20.6 Å². The maximum atomic E-state index is 12.7. The molecular weight excluding hydrogens is 460 g/mol. The monoisotopic (exact) mass is 486 g/mol. The average molecular weight is 487 g/mol. The Morgan fingerprint density at radius 1 is 0.771 bits per heavy atom. The third-order valence-electron chi connectivity index (χ3n) is 5.35. The van der Waals surface area contributed by atoms with Crippen LogP contribution in [0.15, 0.2) is 109 Å². The van der Waals surface area contributed by atoms with Gasteiger partial charge in [-0.05, 0) is 59.7 Å². The second kappa shape index (κ2) is 10.9. The Morgan fingerprint density at radius 2 is 1.37 bits per heavy atom. The number of amides is 1. The van der Waals surface area contributed by atoms with Crippen LogP contribution in [0.1, 0.15) is 21.5 Å². The van der Waals surface area contributed by atoms with Crippen LogP contribution in [0, 0.1) is 0 Å². The lowest BCUT2D eigenvalue weighted by molar-refractivity contribution is 0.102. The Labute approximate surface area is 205 Å². The summed E-state index contributed by atoms with van der Waals surface area (Å²) in [6.45, 7) is 0.648. The number of ether oxygens (including phenoxy) is 1. The van der Waals surface area contributed by atoms with Crippen molar-refractivity contribution >= 4 is 27.3 Å². The summed E-state index contributed by atoms with van der Waals surface area (Å²) in [7, 11) is -3.46. The summed E-state index contributed by atoms with van der Waals surface area (Å²) in [6.07, 6.45) is 1.18. The van der Waals surface area contributed by atoms with Crippen LogP contribution < -0.4 is 14.4 Å². The number of sulfonamides is 1. The number of para-hydroxylation sites is 1. The number of nitrogens with zero attached hydrogens (tertiary/aromatic N) is 1. The third-order valence-corrected chi connectivity index (χ3v) is 6.49. The summed E-state index contributed by atoms with van der Waals surface area (Å²) in [5, 5.41) is 2.87. The van der Waals surface area contributed by atoms with Crippen molar-refractivity contribution in [3.8, 4) is 5.75 Å². The first-order chi connectivity index (χ1) is 16.9.